The van der Waals surface area contributed by atoms with Gasteiger partial charge in [-0.2, -0.15) is 0 Å². The van der Waals surface area contributed by atoms with E-state index in [1.54, 1.807) is 5.56 Å². The summed E-state index contributed by atoms with van der Waals surface area (Å²) in [4.78, 5) is 2.71. The normalized spacial score (nSPS) is 31.5. The van der Waals surface area contributed by atoms with Gasteiger partial charge in [-0.3, -0.25) is 4.90 Å². The molecule has 0 bridgehead atoms. The Labute approximate surface area is 92.1 Å². The van der Waals surface area contributed by atoms with E-state index >= 15 is 0 Å². The monoisotopic (exact) mass is 201 g/mol. The van der Waals surface area contributed by atoms with Crippen molar-refractivity contribution in [3.8, 4) is 0 Å². The zero-order valence-electron chi connectivity index (χ0n) is 9.23. The zero-order chi connectivity index (χ0) is 10.1. The summed E-state index contributed by atoms with van der Waals surface area (Å²) in [6, 6.07) is 11.9. The molecule has 1 aromatic rings. The average molecular weight is 201 g/mol. The highest BCUT2D eigenvalue weighted by molar-refractivity contribution is 5.23. The molecule has 0 spiro atoms. The van der Waals surface area contributed by atoms with Gasteiger partial charge in [0.25, 0.3) is 0 Å². The van der Waals surface area contributed by atoms with Crippen LogP contribution in [-0.4, -0.2) is 24.0 Å². The van der Waals surface area contributed by atoms with Gasteiger partial charge in [0.15, 0.2) is 0 Å². The lowest BCUT2D eigenvalue weighted by molar-refractivity contribution is 0.189. The van der Waals surface area contributed by atoms with Gasteiger partial charge in [-0.25, -0.2) is 0 Å². The van der Waals surface area contributed by atoms with Gasteiger partial charge in [0.2, 0.25) is 0 Å². The van der Waals surface area contributed by atoms with Crippen LogP contribution < -0.4 is 0 Å². The van der Waals surface area contributed by atoms with Crippen LogP contribution in [0.4, 0.5) is 0 Å². The van der Waals surface area contributed by atoms with E-state index in [1.165, 1.54) is 38.8 Å². The maximum absolute atomic E-state index is 2.71. The van der Waals surface area contributed by atoms with Crippen molar-refractivity contribution < 1.29 is 0 Å². The van der Waals surface area contributed by atoms with Crippen molar-refractivity contribution in [3.63, 3.8) is 0 Å². The van der Waals surface area contributed by atoms with Crippen molar-refractivity contribution in [1.82, 2.24) is 4.90 Å². The number of nitrogens with zero attached hydrogens (tertiary/aromatic N) is 1. The van der Waals surface area contributed by atoms with Crippen LogP contribution in [0.3, 0.4) is 0 Å². The van der Waals surface area contributed by atoms with Crippen molar-refractivity contribution in [1.29, 1.82) is 0 Å². The summed E-state index contributed by atoms with van der Waals surface area (Å²) in [7, 11) is 0. The molecule has 0 saturated carbocycles. The Morgan fingerprint density at radius 1 is 0.933 bits per heavy atom. The highest BCUT2D eigenvalue weighted by Crippen LogP contribution is 2.38. The van der Waals surface area contributed by atoms with Crippen LogP contribution in [0.1, 0.15) is 37.2 Å². The summed E-state index contributed by atoms with van der Waals surface area (Å²) in [5, 5.41) is 0. The third-order valence-corrected chi connectivity index (χ3v) is 4.08. The van der Waals surface area contributed by atoms with Gasteiger partial charge >= 0.3 is 0 Å². The lowest BCUT2D eigenvalue weighted by atomic mass is 9.87. The molecular weight excluding hydrogens is 182 g/mol. The number of rotatable bonds is 1. The predicted octanol–water partition coefficient (Wildman–Crippen LogP) is 3.03. The molecule has 2 aliphatic rings. The Morgan fingerprint density at radius 2 is 1.80 bits per heavy atom. The molecular formula is C14H19N. The Hall–Kier alpha value is -0.820. The van der Waals surface area contributed by atoms with Crippen molar-refractivity contribution in [2.75, 3.05) is 13.1 Å². The molecule has 1 nitrogen and oxygen atoms in total. The van der Waals surface area contributed by atoms with Crippen LogP contribution in [0.5, 0.6) is 0 Å². The first-order valence-electron chi connectivity index (χ1n) is 6.24. The highest BCUT2D eigenvalue weighted by atomic mass is 15.2. The quantitative estimate of drug-likeness (QED) is 0.675. The van der Waals surface area contributed by atoms with Gasteiger partial charge in [0.05, 0.1) is 0 Å². The zero-order valence-corrected chi connectivity index (χ0v) is 9.23. The fourth-order valence-electron chi connectivity index (χ4n) is 3.34. The number of hydrogen-bond donors (Lipinski definition) is 0. The maximum atomic E-state index is 2.71. The first-order chi connectivity index (χ1) is 7.45. The molecule has 0 aliphatic carbocycles. The fraction of sp³-hybridized carbons (Fsp3) is 0.571. The molecule has 0 amide bonds. The summed E-state index contributed by atoms with van der Waals surface area (Å²) in [6.07, 6.45) is 5.64. The summed E-state index contributed by atoms with van der Waals surface area (Å²) in [5.41, 5.74) is 1.56. The molecule has 0 N–H and O–H groups in total. The standard InChI is InChI=1S/C14H19N/c1-2-6-12(7-3-1)13-9-11-15-10-5-4-8-14(13)15/h1-3,6-7,13-14H,4-5,8-11H2. The molecule has 15 heavy (non-hydrogen) atoms. The maximum Gasteiger partial charge on any atom is 0.0164 e. The van der Waals surface area contributed by atoms with Crippen molar-refractivity contribution >= 4 is 0 Å². The molecule has 0 radical (unpaired) electrons. The first-order valence-corrected chi connectivity index (χ1v) is 6.24. The van der Waals surface area contributed by atoms with E-state index < -0.39 is 0 Å². The highest BCUT2D eigenvalue weighted by Gasteiger charge is 2.35. The summed E-state index contributed by atoms with van der Waals surface area (Å²) in [6.45, 7) is 2.66. The predicted molar refractivity (Wildman–Crippen MR) is 63.0 cm³/mol. The Morgan fingerprint density at radius 3 is 2.67 bits per heavy atom. The van der Waals surface area contributed by atoms with Gasteiger partial charge in [0.1, 0.15) is 0 Å². The van der Waals surface area contributed by atoms with E-state index in [0.29, 0.717) is 0 Å². The number of hydrogen-bond acceptors (Lipinski definition) is 1. The Kier molecular flexibility index (Phi) is 2.49. The smallest absolute Gasteiger partial charge is 0.0164 e. The molecule has 2 unspecified atom stereocenters. The second kappa shape index (κ2) is 3.97. The van der Waals surface area contributed by atoms with E-state index in [9.17, 15) is 0 Å². The molecule has 1 aromatic carbocycles. The molecule has 2 heterocycles. The van der Waals surface area contributed by atoms with Gasteiger partial charge in [-0.1, -0.05) is 36.8 Å². The lowest BCUT2D eigenvalue weighted by Crippen LogP contribution is -2.36. The lowest BCUT2D eigenvalue weighted by Gasteiger charge is -2.32. The minimum atomic E-state index is 0.812. The average Bonchev–Trinajstić information content (AvgIpc) is 2.74. The molecule has 2 atom stereocenters. The van der Waals surface area contributed by atoms with Crippen LogP contribution >= 0.6 is 0 Å². The van der Waals surface area contributed by atoms with Crippen LogP contribution in [0.15, 0.2) is 30.3 Å². The molecule has 1 heteroatoms. The SMILES string of the molecule is c1ccc(C2CCN3CCCCC23)cc1. The second-order valence-electron chi connectivity index (χ2n) is 4.90. The summed E-state index contributed by atoms with van der Waals surface area (Å²) >= 11 is 0. The molecule has 0 aromatic heterocycles. The van der Waals surface area contributed by atoms with E-state index in [-0.39, 0.29) is 0 Å². The van der Waals surface area contributed by atoms with Crippen molar-refractivity contribution in [3.05, 3.63) is 35.9 Å². The van der Waals surface area contributed by atoms with Gasteiger partial charge in [0, 0.05) is 12.0 Å². The van der Waals surface area contributed by atoms with E-state index in [1.807, 2.05) is 0 Å². The third-order valence-electron chi connectivity index (χ3n) is 4.08. The van der Waals surface area contributed by atoms with Crippen molar-refractivity contribution in [2.45, 2.75) is 37.6 Å². The fourth-order valence-corrected chi connectivity index (χ4v) is 3.34. The van der Waals surface area contributed by atoms with Crippen LogP contribution in [0, 0.1) is 0 Å². The molecule has 2 saturated heterocycles. The van der Waals surface area contributed by atoms with E-state index in [2.05, 4.69) is 35.2 Å². The molecule has 3 rings (SSSR count). The molecule has 2 fully saturated rings. The van der Waals surface area contributed by atoms with Crippen LogP contribution in [0.2, 0.25) is 0 Å². The Bertz CT molecular complexity index is 319. The molecule has 80 valence electrons. The first kappa shape index (κ1) is 9.41. The molecule has 2 aliphatic heterocycles. The van der Waals surface area contributed by atoms with Crippen LogP contribution in [0.25, 0.3) is 0 Å². The number of piperidine rings is 1. The third kappa shape index (κ3) is 1.69. The number of benzene rings is 1. The topological polar surface area (TPSA) is 3.24 Å². The minimum Gasteiger partial charge on any atom is -0.300 e. The van der Waals surface area contributed by atoms with E-state index in [0.717, 1.165) is 12.0 Å². The second-order valence-corrected chi connectivity index (χ2v) is 4.90. The van der Waals surface area contributed by atoms with Crippen molar-refractivity contribution in [2.24, 2.45) is 0 Å². The largest absolute Gasteiger partial charge is 0.300 e. The summed E-state index contributed by atoms with van der Waals surface area (Å²) in [5.74, 6) is 0.812. The van der Waals surface area contributed by atoms with Gasteiger partial charge in [-0.15, -0.1) is 0 Å². The number of fused-ring (bicyclic) bond motifs is 1. The minimum absolute atomic E-state index is 0.812. The Balaban J connectivity index is 1.82. The van der Waals surface area contributed by atoms with Gasteiger partial charge < -0.3 is 0 Å². The van der Waals surface area contributed by atoms with Crippen LogP contribution in [-0.2, 0) is 0 Å². The summed E-state index contributed by atoms with van der Waals surface area (Å²) < 4.78 is 0. The van der Waals surface area contributed by atoms with E-state index in [4.69, 9.17) is 0 Å². The van der Waals surface area contributed by atoms with Gasteiger partial charge in [-0.05, 0) is 37.9 Å².